The minimum atomic E-state index is -0.498. The molecule has 112 valence electrons. The average Bonchev–Trinajstić information content (AvgIpc) is 3.01. The Bertz CT molecular complexity index is 636. The minimum Gasteiger partial charge on any atom is -0.396 e. The normalized spacial score (nSPS) is 17.8. The number of hydrogen-bond acceptors (Lipinski definition) is 5. The lowest BCUT2D eigenvalue weighted by Gasteiger charge is -2.32. The molecule has 0 radical (unpaired) electrons. The molecule has 6 heteroatoms. The minimum absolute atomic E-state index is 0.0165. The number of nitrogen functional groups attached to an aromatic ring is 1. The molecule has 0 unspecified atom stereocenters. The predicted molar refractivity (Wildman–Crippen MR) is 75.9 cm³/mol. The number of ether oxygens (including phenoxy) is 1. The second kappa shape index (κ2) is 5.44. The summed E-state index contributed by atoms with van der Waals surface area (Å²) in [6.07, 6.45) is 5.05. The fourth-order valence-electron chi connectivity index (χ4n) is 2.88. The van der Waals surface area contributed by atoms with Crippen molar-refractivity contribution in [3.63, 3.8) is 0 Å². The molecule has 0 saturated heterocycles. The summed E-state index contributed by atoms with van der Waals surface area (Å²) in [6, 6.07) is 4.53. The standard InChI is InChI=1S/C15H18FN3O2/c1-20-15(8-3-2-4-9-15)14-18-13(21-19-14)10-6-5-7-11(16)12(10)17/h5-7H,2-4,8-9,17H2,1H3. The van der Waals surface area contributed by atoms with Crippen LogP contribution in [-0.4, -0.2) is 17.3 Å². The maximum atomic E-state index is 13.5. The third-order valence-electron chi connectivity index (χ3n) is 4.17. The highest BCUT2D eigenvalue weighted by Gasteiger charge is 2.38. The molecule has 5 nitrogen and oxygen atoms in total. The van der Waals surface area contributed by atoms with Crippen LogP contribution in [0.25, 0.3) is 11.5 Å². The predicted octanol–water partition coefficient (Wildman–Crippen LogP) is 3.26. The summed E-state index contributed by atoms with van der Waals surface area (Å²) >= 11 is 0. The van der Waals surface area contributed by atoms with E-state index in [4.69, 9.17) is 15.0 Å². The van der Waals surface area contributed by atoms with Gasteiger partial charge in [-0.3, -0.25) is 0 Å². The van der Waals surface area contributed by atoms with Gasteiger partial charge in [0.05, 0.1) is 11.3 Å². The van der Waals surface area contributed by atoms with E-state index < -0.39 is 11.4 Å². The van der Waals surface area contributed by atoms with Crippen LogP contribution in [0.1, 0.15) is 37.9 Å². The maximum absolute atomic E-state index is 13.5. The smallest absolute Gasteiger partial charge is 0.260 e. The van der Waals surface area contributed by atoms with Crippen molar-refractivity contribution in [2.75, 3.05) is 12.8 Å². The summed E-state index contributed by atoms with van der Waals surface area (Å²) in [5.41, 5.74) is 5.67. The number of nitrogens with two attached hydrogens (primary N) is 1. The molecule has 3 rings (SSSR count). The second-order valence-electron chi connectivity index (χ2n) is 5.38. The van der Waals surface area contributed by atoms with Gasteiger partial charge in [-0.05, 0) is 25.0 Å². The number of hydrogen-bond donors (Lipinski definition) is 1. The van der Waals surface area contributed by atoms with E-state index >= 15 is 0 Å². The number of anilines is 1. The van der Waals surface area contributed by atoms with E-state index in [1.807, 2.05) is 0 Å². The Morgan fingerprint density at radius 3 is 2.76 bits per heavy atom. The lowest BCUT2D eigenvalue weighted by molar-refractivity contribution is -0.0527. The molecule has 0 aliphatic heterocycles. The molecule has 1 aliphatic carbocycles. The maximum Gasteiger partial charge on any atom is 0.260 e. The monoisotopic (exact) mass is 291 g/mol. The van der Waals surface area contributed by atoms with Gasteiger partial charge in [0.15, 0.2) is 0 Å². The number of benzene rings is 1. The Labute approximate surface area is 122 Å². The highest BCUT2D eigenvalue weighted by molar-refractivity contribution is 5.70. The summed E-state index contributed by atoms with van der Waals surface area (Å²) in [6.45, 7) is 0. The first-order chi connectivity index (χ1) is 10.2. The molecule has 1 aliphatic rings. The zero-order valence-electron chi connectivity index (χ0n) is 11.9. The average molecular weight is 291 g/mol. The Morgan fingerprint density at radius 1 is 1.29 bits per heavy atom. The first-order valence-electron chi connectivity index (χ1n) is 7.10. The van der Waals surface area contributed by atoms with Gasteiger partial charge in [0.1, 0.15) is 11.4 Å². The molecule has 0 spiro atoms. The van der Waals surface area contributed by atoms with Crippen LogP contribution in [0.2, 0.25) is 0 Å². The first-order valence-corrected chi connectivity index (χ1v) is 7.10. The quantitative estimate of drug-likeness (QED) is 0.878. The zero-order chi connectivity index (χ0) is 14.9. The van der Waals surface area contributed by atoms with Gasteiger partial charge in [0, 0.05) is 7.11 Å². The Kier molecular flexibility index (Phi) is 3.63. The van der Waals surface area contributed by atoms with Crippen LogP contribution in [0.3, 0.4) is 0 Å². The van der Waals surface area contributed by atoms with Crippen LogP contribution < -0.4 is 5.73 Å². The van der Waals surface area contributed by atoms with E-state index in [9.17, 15) is 4.39 Å². The van der Waals surface area contributed by atoms with Crippen molar-refractivity contribution in [2.45, 2.75) is 37.7 Å². The molecular weight excluding hydrogens is 273 g/mol. The Morgan fingerprint density at radius 2 is 2.05 bits per heavy atom. The SMILES string of the molecule is COC1(c2noc(-c3cccc(F)c3N)n2)CCCCC1. The molecule has 1 aromatic carbocycles. The van der Waals surface area contributed by atoms with Gasteiger partial charge < -0.3 is 15.0 Å². The van der Waals surface area contributed by atoms with Crippen molar-refractivity contribution < 1.29 is 13.7 Å². The van der Waals surface area contributed by atoms with Crippen LogP contribution in [0.5, 0.6) is 0 Å². The highest BCUT2D eigenvalue weighted by Crippen LogP contribution is 2.39. The number of rotatable bonds is 3. The number of para-hydroxylation sites is 1. The van der Waals surface area contributed by atoms with Gasteiger partial charge in [0.2, 0.25) is 5.82 Å². The van der Waals surface area contributed by atoms with Crippen molar-refractivity contribution in [1.82, 2.24) is 10.1 Å². The molecule has 2 aromatic rings. The fraction of sp³-hybridized carbons (Fsp3) is 0.467. The summed E-state index contributed by atoms with van der Waals surface area (Å²) in [7, 11) is 1.66. The van der Waals surface area contributed by atoms with E-state index in [1.165, 1.54) is 12.5 Å². The van der Waals surface area contributed by atoms with Gasteiger partial charge >= 0.3 is 0 Å². The van der Waals surface area contributed by atoms with Crippen LogP contribution >= 0.6 is 0 Å². The summed E-state index contributed by atoms with van der Waals surface area (Å²) in [5.74, 6) is 0.249. The molecular formula is C15H18FN3O2. The van der Waals surface area contributed by atoms with Gasteiger partial charge in [-0.1, -0.05) is 30.5 Å². The van der Waals surface area contributed by atoms with Crippen LogP contribution in [-0.2, 0) is 10.3 Å². The first kappa shape index (κ1) is 14.0. The number of nitrogens with zero attached hydrogens (tertiary/aromatic N) is 2. The Balaban J connectivity index is 1.98. The largest absolute Gasteiger partial charge is 0.396 e. The molecule has 0 atom stereocenters. The van der Waals surface area contributed by atoms with Crippen molar-refractivity contribution in [3.05, 3.63) is 29.8 Å². The van der Waals surface area contributed by atoms with E-state index in [2.05, 4.69) is 10.1 Å². The van der Waals surface area contributed by atoms with Crippen LogP contribution in [0, 0.1) is 5.82 Å². The third-order valence-corrected chi connectivity index (χ3v) is 4.17. The van der Waals surface area contributed by atoms with E-state index in [-0.39, 0.29) is 11.6 Å². The lowest BCUT2D eigenvalue weighted by Crippen LogP contribution is -2.32. The molecule has 1 saturated carbocycles. The second-order valence-corrected chi connectivity index (χ2v) is 5.38. The van der Waals surface area contributed by atoms with Crippen molar-refractivity contribution in [3.8, 4) is 11.5 Å². The number of aromatic nitrogens is 2. The number of halogens is 1. The molecule has 2 N–H and O–H groups in total. The van der Waals surface area contributed by atoms with E-state index in [0.29, 0.717) is 11.4 Å². The van der Waals surface area contributed by atoms with Crippen molar-refractivity contribution >= 4 is 5.69 Å². The van der Waals surface area contributed by atoms with Gasteiger partial charge in [-0.25, -0.2) is 4.39 Å². The highest BCUT2D eigenvalue weighted by atomic mass is 19.1. The Hall–Kier alpha value is -1.95. The molecule has 1 fully saturated rings. The van der Waals surface area contributed by atoms with Crippen LogP contribution in [0.4, 0.5) is 10.1 Å². The van der Waals surface area contributed by atoms with Crippen molar-refractivity contribution in [2.24, 2.45) is 0 Å². The third kappa shape index (κ3) is 2.40. The van der Waals surface area contributed by atoms with E-state index in [0.717, 1.165) is 25.7 Å². The van der Waals surface area contributed by atoms with Crippen molar-refractivity contribution in [1.29, 1.82) is 0 Å². The molecule has 21 heavy (non-hydrogen) atoms. The molecule has 0 bridgehead atoms. The van der Waals surface area contributed by atoms with Gasteiger partial charge in [-0.2, -0.15) is 4.98 Å². The van der Waals surface area contributed by atoms with Gasteiger partial charge in [-0.15, -0.1) is 0 Å². The number of methoxy groups -OCH3 is 1. The van der Waals surface area contributed by atoms with Gasteiger partial charge in [0.25, 0.3) is 5.89 Å². The zero-order valence-corrected chi connectivity index (χ0v) is 11.9. The molecule has 1 aromatic heterocycles. The molecule has 1 heterocycles. The fourth-order valence-corrected chi connectivity index (χ4v) is 2.88. The summed E-state index contributed by atoms with van der Waals surface area (Å²) in [4.78, 5) is 4.40. The topological polar surface area (TPSA) is 74.2 Å². The summed E-state index contributed by atoms with van der Waals surface area (Å²) in [5, 5.41) is 4.04. The lowest BCUT2D eigenvalue weighted by atomic mass is 9.84. The van der Waals surface area contributed by atoms with Crippen LogP contribution in [0.15, 0.2) is 22.7 Å². The summed E-state index contributed by atoms with van der Waals surface area (Å²) < 4.78 is 24.5. The molecule has 0 amide bonds. The van der Waals surface area contributed by atoms with E-state index in [1.54, 1.807) is 19.2 Å².